The Morgan fingerprint density at radius 1 is 1.18 bits per heavy atom. The quantitative estimate of drug-likeness (QED) is 0.525. The Morgan fingerprint density at radius 2 is 1.97 bits per heavy atom. The molecule has 176 valence electrons. The minimum atomic E-state index is -0.0373. The van der Waals surface area contributed by atoms with Crippen LogP contribution >= 0.6 is 0 Å². The number of aryl methyl sites for hydroxylation is 1. The molecular weight excluding hydrogens is 426 g/mol. The first-order chi connectivity index (χ1) is 16.5. The fourth-order valence-corrected chi connectivity index (χ4v) is 5.83. The second-order valence-corrected chi connectivity index (χ2v) is 9.72. The lowest BCUT2D eigenvalue weighted by Gasteiger charge is -2.33. The molecule has 6 nitrogen and oxygen atoms in total. The van der Waals surface area contributed by atoms with Crippen molar-refractivity contribution in [2.75, 3.05) is 6.54 Å². The van der Waals surface area contributed by atoms with E-state index in [4.69, 9.17) is 4.74 Å². The highest BCUT2D eigenvalue weighted by molar-refractivity contribution is 5.82. The summed E-state index contributed by atoms with van der Waals surface area (Å²) < 4.78 is 6.10. The van der Waals surface area contributed by atoms with E-state index in [2.05, 4.69) is 35.0 Å². The topological polar surface area (TPSA) is 87.1 Å². The largest absolute Gasteiger partial charge is 0.489 e. The van der Waals surface area contributed by atoms with Gasteiger partial charge in [-0.25, -0.2) is 4.79 Å². The molecule has 0 spiro atoms. The van der Waals surface area contributed by atoms with Gasteiger partial charge in [-0.15, -0.1) is 0 Å². The van der Waals surface area contributed by atoms with Gasteiger partial charge < -0.3 is 9.64 Å². The molecule has 3 aromatic rings. The van der Waals surface area contributed by atoms with E-state index >= 15 is 0 Å². The summed E-state index contributed by atoms with van der Waals surface area (Å²) in [5.41, 5.74) is 7.98. The van der Waals surface area contributed by atoms with Gasteiger partial charge in [0.05, 0.1) is 11.4 Å². The van der Waals surface area contributed by atoms with Gasteiger partial charge in [-0.3, -0.25) is 15.5 Å². The Balaban J connectivity index is 1.24. The predicted molar refractivity (Wildman–Crippen MR) is 130 cm³/mol. The minimum Gasteiger partial charge on any atom is -0.489 e. The Kier molecular flexibility index (Phi) is 6.33. The maximum absolute atomic E-state index is 12.2. The fourth-order valence-electron chi connectivity index (χ4n) is 5.83. The number of piperidine rings is 1. The van der Waals surface area contributed by atoms with Gasteiger partial charge in [0.25, 0.3) is 0 Å². The molecule has 3 unspecified atom stereocenters. The molecule has 4 atom stereocenters. The lowest BCUT2D eigenvalue weighted by Crippen LogP contribution is -2.59. The molecule has 2 aliphatic rings. The Hall–Kier alpha value is -3.25. The summed E-state index contributed by atoms with van der Waals surface area (Å²) in [6.45, 7) is 3.28. The molecule has 6 heteroatoms. The second kappa shape index (κ2) is 9.55. The summed E-state index contributed by atoms with van der Waals surface area (Å²) in [4.78, 5) is 30.3. The van der Waals surface area contributed by atoms with Crippen LogP contribution in [-0.2, 0) is 22.6 Å². The van der Waals surface area contributed by atoms with Crippen LogP contribution in [-0.4, -0.2) is 34.8 Å². The Labute approximate surface area is 200 Å². The first-order valence-electron chi connectivity index (χ1n) is 12.2. The number of rotatable bonds is 8. The standard InChI is InChI=1S/C28H31N3O3/c1-18-14-20(22-6-2-3-7-24(22)30-18)16-34-21-11-9-19(10-12-21)15-23-26(27(23)28(29)33)25-8-4-5-13-31(25)17-32/h2-3,6-7,9-12,14,17,23,25-27H,4-5,8,13,15-16H2,1H3,(H2,29,33)/p+1/t23?,25?,26?,27-/m1/s1. The third-order valence-electron chi connectivity index (χ3n) is 7.49. The third kappa shape index (κ3) is 4.55. The highest BCUT2D eigenvalue weighted by Gasteiger charge is 2.59. The number of ether oxygens (including phenoxy) is 1. The van der Waals surface area contributed by atoms with Crippen LogP contribution in [0.1, 0.15) is 36.1 Å². The monoisotopic (exact) mass is 458 g/mol. The van der Waals surface area contributed by atoms with Gasteiger partial charge in [0.15, 0.2) is 0 Å². The molecule has 2 amide bonds. The number of pyridine rings is 1. The van der Waals surface area contributed by atoms with Crippen LogP contribution in [0.15, 0.2) is 54.6 Å². The highest BCUT2D eigenvalue weighted by Crippen LogP contribution is 2.52. The first kappa shape index (κ1) is 22.5. The van der Waals surface area contributed by atoms with Crippen LogP contribution in [0.5, 0.6) is 5.75 Å². The van der Waals surface area contributed by atoms with Gasteiger partial charge in [0.2, 0.25) is 6.41 Å². The summed E-state index contributed by atoms with van der Waals surface area (Å²) in [5.74, 6) is 1.28. The molecule has 1 aliphatic heterocycles. The van der Waals surface area contributed by atoms with Crippen LogP contribution in [0.3, 0.4) is 0 Å². The number of nitrogens with zero attached hydrogens (tertiary/aromatic N) is 2. The number of para-hydroxylation sites is 1. The van der Waals surface area contributed by atoms with Crippen molar-refractivity contribution < 1.29 is 20.1 Å². The molecule has 1 saturated carbocycles. The van der Waals surface area contributed by atoms with E-state index in [1.165, 1.54) is 5.56 Å². The van der Waals surface area contributed by atoms with E-state index in [-0.39, 0.29) is 29.7 Å². The van der Waals surface area contributed by atoms with Crippen LogP contribution in [0, 0.1) is 24.7 Å². The molecule has 2 aromatic carbocycles. The van der Waals surface area contributed by atoms with Gasteiger partial charge in [-0.05, 0) is 74.3 Å². The van der Waals surface area contributed by atoms with Crippen molar-refractivity contribution in [3.8, 4) is 5.75 Å². The van der Waals surface area contributed by atoms with Gasteiger partial charge in [0, 0.05) is 29.2 Å². The Bertz CT molecular complexity index is 1190. The number of likely N-dealkylation sites (tertiary alicyclic amines) is 1. The lowest BCUT2D eigenvalue weighted by molar-refractivity contribution is -0.308. The van der Waals surface area contributed by atoms with Gasteiger partial charge >= 0.3 is 5.91 Å². The second-order valence-electron chi connectivity index (χ2n) is 9.72. The van der Waals surface area contributed by atoms with Crippen LogP contribution in [0.25, 0.3) is 10.9 Å². The third-order valence-corrected chi connectivity index (χ3v) is 7.49. The average Bonchev–Trinajstić information content (AvgIpc) is 3.57. The van der Waals surface area contributed by atoms with Crippen molar-refractivity contribution in [2.45, 2.75) is 45.3 Å². The van der Waals surface area contributed by atoms with Crippen molar-refractivity contribution >= 4 is 23.2 Å². The van der Waals surface area contributed by atoms with Crippen LogP contribution in [0.4, 0.5) is 0 Å². The number of amides is 2. The number of carbonyl (C=O) groups excluding carboxylic acids is 2. The molecule has 2 heterocycles. The molecule has 34 heavy (non-hydrogen) atoms. The van der Waals surface area contributed by atoms with Crippen molar-refractivity contribution in [1.29, 1.82) is 0 Å². The minimum absolute atomic E-state index is 0.00578. The molecule has 1 aliphatic carbocycles. The number of hydrogen-bond acceptors (Lipinski definition) is 4. The maximum atomic E-state index is 12.2. The normalized spacial score (nSPS) is 24.1. The zero-order valence-corrected chi connectivity index (χ0v) is 19.7. The lowest BCUT2D eigenvalue weighted by atomic mass is 9.96. The van der Waals surface area contributed by atoms with Gasteiger partial charge in [-0.2, -0.15) is 0 Å². The average molecular weight is 459 g/mol. The van der Waals surface area contributed by atoms with Crippen molar-refractivity contribution in [3.05, 3.63) is 71.4 Å². The van der Waals surface area contributed by atoms with Crippen LogP contribution in [0.2, 0.25) is 0 Å². The van der Waals surface area contributed by atoms with E-state index in [0.717, 1.165) is 66.5 Å². The molecule has 0 bridgehead atoms. The number of carbonyl (C=O) groups is 2. The van der Waals surface area contributed by atoms with Gasteiger partial charge in [0.1, 0.15) is 12.4 Å². The predicted octanol–water partition coefficient (Wildman–Crippen LogP) is 3.31. The maximum Gasteiger partial charge on any atom is 0.312 e. The van der Waals surface area contributed by atoms with E-state index in [1.54, 1.807) is 0 Å². The molecule has 3 N–H and O–H groups in total. The molecule has 1 saturated heterocycles. The van der Waals surface area contributed by atoms with E-state index < -0.39 is 0 Å². The number of fused-ring (bicyclic) bond motifs is 1. The van der Waals surface area contributed by atoms with Crippen molar-refractivity contribution in [2.24, 2.45) is 17.8 Å². The zero-order valence-electron chi connectivity index (χ0n) is 19.7. The molecule has 2 fully saturated rings. The number of aromatic nitrogens is 1. The van der Waals surface area contributed by atoms with Crippen molar-refractivity contribution in [1.82, 2.24) is 9.88 Å². The molecule has 1 aromatic heterocycles. The summed E-state index contributed by atoms with van der Waals surface area (Å²) in [6, 6.07) is 18.6. The van der Waals surface area contributed by atoms with Crippen LogP contribution < -0.4 is 10.5 Å². The number of hydrogen-bond donors (Lipinski definition) is 1. The summed E-state index contributed by atoms with van der Waals surface area (Å²) in [5, 5.41) is 1.11. The molecule has 5 rings (SSSR count). The SMILES string of the molecule is Cc1cc(COc2ccc(CC3C(C4CCCCN4C=O)[C@@H]3C([NH3+])=O)cc2)c2ccccc2n1. The Morgan fingerprint density at radius 3 is 2.74 bits per heavy atom. The van der Waals surface area contributed by atoms with E-state index in [9.17, 15) is 9.59 Å². The smallest absolute Gasteiger partial charge is 0.312 e. The van der Waals surface area contributed by atoms with E-state index in [1.807, 2.05) is 42.2 Å². The summed E-state index contributed by atoms with van der Waals surface area (Å²) in [7, 11) is 0. The fraction of sp³-hybridized carbons (Fsp3) is 0.393. The van der Waals surface area contributed by atoms with E-state index in [0.29, 0.717) is 6.61 Å². The van der Waals surface area contributed by atoms with Gasteiger partial charge in [-0.1, -0.05) is 30.3 Å². The molecule has 0 radical (unpaired) electrons. The van der Waals surface area contributed by atoms with Crippen molar-refractivity contribution in [3.63, 3.8) is 0 Å². The zero-order chi connectivity index (χ0) is 23.7. The highest BCUT2D eigenvalue weighted by atomic mass is 16.5. The number of quaternary nitrogens is 1. The first-order valence-corrected chi connectivity index (χ1v) is 12.2. The number of benzene rings is 2. The molecular formula is C28H32N3O3+. The summed E-state index contributed by atoms with van der Waals surface area (Å²) in [6.07, 6.45) is 4.94. The summed E-state index contributed by atoms with van der Waals surface area (Å²) >= 11 is 0.